The maximum Gasteiger partial charge on any atom is 0.119 e. The molecule has 0 heterocycles. The molecule has 0 saturated heterocycles. The first-order chi connectivity index (χ1) is 22.2. The Labute approximate surface area is 270 Å². The Morgan fingerprint density at radius 2 is 0.622 bits per heavy atom. The van der Waals surface area contributed by atoms with E-state index < -0.39 is 0 Å². The van der Waals surface area contributed by atoms with Crippen molar-refractivity contribution < 1.29 is 18.9 Å². The smallest absolute Gasteiger partial charge is 0.119 e. The highest BCUT2D eigenvalue weighted by Gasteiger charge is 2.02. The van der Waals surface area contributed by atoms with Gasteiger partial charge in [-0.25, -0.2) is 0 Å². The van der Waals surface area contributed by atoms with Crippen LogP contribution in [0.1, 0.15) is 67.2 Å². The standard InChI is InChI=1S/C41H48O4/c1-3-5-8-28-42-38-20-12-34(13-21-38)32-36-16-24-40(25-17-36)44-30-10-7-11-31-45-41-26-18-37(19-27-41)33-35-14-22-39(23-15-35)43-29-9-6-4-2/h3-4,12-27H,1-2,5-11,28-33H2. The number of allylic oxidation sites excluding steroid dienone is 2. The molecule has 0 atom stereocenters. The molecule has 0 N–H and O–H groups in total. The molecule has 0 spiro atoms. The van der Waals surface area contributed by atoms with E-state index in [1.807, 2.05) is 36.4 Å². The highest BCUT2D eigenvalue weighted by molar-refractivity contribution is 5.35. The van der Waals surface area contributed by atoms with Gasteiger partial charge in [-0.2, -0.15) is 0 Å². The van der Waals surface area contributed by atoms with Gasteiger partial charge in [-0.1, -0.05) is 60.7 Å². The molecular weight excluding hydrogens is 556 g/mol. The van der Waals surface area contributed by atoms with Crippen molar-refractivity contribution in [2.75, 3.05) is 26.4 Å². The summed E-state index contributed by atoms with van der Waals surface area (Å²) in [6.45, 7) is 10.4. The van der Waals surface area contributed by atoms with Gasteiger partial charge in [0.05, 0.1) is 26.4 Å². The summed E-state index contributed by atoms with van der Waals surface area (Å²) >= 11 is 0. The first-order valence-electron chi connectivity index (χ1n) is 16.3. The molecule has 4 aromatic carbocycles. The molecule has 4 aromatic rings. The van der Waals surface area contributed by atoms with Crippen LogP contribution >= 0.6 is 0 Å². The van der Waals surface area contributed by atoms with Crippen molar-refractivity contribution >= 4 is 0 Å². The minimum absolute atomic E-state index is 0.713. The van der Waals surface area contributed by atoms with Crippen LogP contribution in [0.3, 0.4) is 0 Å². The molecule has 236 valence electrons. The first kappa shape index (κ1) is 33.5. The number of ether oxygens (including phenoxy) is 4. The number of hydrogen-bond donors (Lipinski definition) is 0. The highest BCUT2D eigenvalue weighted by atomic mass is 16.5. The third-order valence-electron chi connectivity index (χ3n) is 7.48. The summed E-state index contributed by atoms with van der Waals surface area (Å²) in [6, 6.07) is 33.6. The Bertz CT molecular complexity index is 1260. The topological polar surface area (TPSA) is 36.9 Å². The molecule has 45 heavy (non-hydrogen) atoms. The van der Waals surface area contributed by atoms with E-state index in [1.165, 1.54) is 22.3 Å². The molecule has 0 saturated carbocycles. The minimum atomic E-state index is 0.713. The Balaban J connectivity index is 1.05. The largest absolute Gasteiger partial charge is 0.494 e. The van der Waals surface area contributed by atoms with E-state index >= 15 is 0 Å². The maximum atomic E-state index is 5.97. The van der Waals surface area contributed by atoms with E-state index in [0.717, 1.165) is 94.0 Å². The predicted octanol–water partition coefficient (Wildman–Crippen LogP) is 10.2. The molecule has 0 aliphatic carbocycles. The lowest BCUT2D eigenvalue weighted by atomic mass is 10.0. The zero-order valence-corrected chi connectivity index (χ0v) is 26.6. The summed E-state index contributed by atoms with van der Waals surface area (Å²) in [6.07, 6.45) is 12.7. The first-order valence-corrected chi connectivity index (χ1v) is 16.3. The monoisotopic (exact) mass is 604 g/mol. The lowest BCUT2D eigenvalue weighted by molar-refractivity contribution is 0.279. The fourth-order valence-electron chi connectivity index (χ4n) is 4.88. The Hall–Kier alpha value is -4.44. The zero-order chi connectivity index (χ0) is 31.4. The quantitative estimate of drug-likeness (QED) is 0.0661. The van der Waals surface area contributed by atoms with Crippen molar-refractivity contribution in [2.45, 2.75) is 57.8 Å². The van der Waals surface area contributed by atoms with Crippen LogP contribution in [0, 0.1) is 0 Å². The van der Waals surface area contributed by atoms with Crippen LogP contribution in [0.4, 0.5) is 0 Å². The lowest BCUT2D eigenvalue weighted by Crippen LogP contribution is -2.01. The second kappa shape index (κ2) is 19.8. The predicted molar refractivity (Wildman–Crippen MR) is 186 cm³/mol. The van der Waals surface area contributed by atoms with E-state index in [4.69, 9.17) is 18.9 Å². The summed E-state index contributed by atoms with van der Waals surface area (Å²) in [5.74, 6) is 3.68. The van der Waals surface area contributed by atoms with Crippen molar-refractivity contribution in [1.82, 2.24) is 0 Å². The fraction of sp³-hybridized carbons (Fsp3) is 0.317. The van der Waals surface area contributed by atoms with Crippen molar-refractivity contribution in [3.8, 4) is 23.0 Å². The molecular formula is C41H48O4. The van der Waals surface area contributed by atoms with Gasteiger partial charge in [0.25, 0.3) is 0 Å². The summed E-state index contributed by atoms with van der Waals surface area (Å²) in [4.78, 5) is 0. The molecule has 0 aromatic heterocycles. The normalized spacial score (nSPS) is 10.7. The van der Waals surface area contributed by atoms with Crippen LogP contribution in [0.2, 0.25) is 0 Å². The van der Waals surface area contributed by atoms with E-state index in [2.05, 4.69) is 86.0 Å². The number of unbranched alkanes of at least 4 members (excludes halogenated alkanes) is 4. The maximum absolute atomic E-state index is 5.97. The zero-order valence-electron chi connectivity index (χ0n) is 26.6. The third-order valence-corrected chi connectivity index (χ3v) is 7.48. The molecule has 0 radical (unpaired) electrons. The summed E-state index contributed by atoms with van der Waals surface area (Å²) in [5.41, 5.74) is 5.06. The molecule has 4 rings (SSSR count). The minimum Gasteiger partial charge on any atom is -0.494 e. The Morgan fingerprint density at radius 1 is 0.356 bits per heavy atom. The summed E-state index contributed by atoms with van der Waals surface area (Å²) in [7, 11) is 0. The molecule has 4 heteroatoms. The van der Waals surface area contributed by atoms with Crippen molar-refractivity contribution in [1.29, 1.82) is 0 Å². The van der Waals surface area contributed by atoms with E-state index in [-0.39, 0.29) is 0 Å². The van der Waals surface area contributed by atoms with E-state index in [0.29, 0.717) is 13.2 Å². The van der Waals surface area contributed by atoms with Gasteiger partial charge in [0, 0.05) is 0 Å². The van der Waals surface area contributed by atoms with Crippen molar-refractivity contribution in [2.24, 2.45) is 0 Å². The van der Waals surface area contributed by atoms with Gasteiger partial charge >= 0.3 is 0 Å². The van der Waals surface area contributed by atoms with Crippen LogP contribution in [-0.4, -0.2) is 26.4 Å². The van der Waals surface area contributed by atoms with E-state index in [1.54, 1.807) is 0 Å². The van der Waals surface area contributed by atoms with Gasteiger partial charge in [0.15, 0.2) is 0 Å². The van der Waals surface area contributed by atoms with Gasteiger partial charge in [-0.3, -0.25) is 0 Å². The average Bonchev–Trinajstić information content (AvgIpc) is 3.07. The van der Waals surface area contributed by atoms with Crippen LogP contribution in [-0.2, 0) is 12.8 Å². The van der Waals surface area contributed by atoms with Crippen molar-refractivity contribution in [3.63, 3.8) is 0 Å². The van der Waals surface area contributed by atoms with Gasteiger partial charge < -0.3 is 18.9 Å². The molecule has 0 aliphatic heterocycles. The average molecular weight is 605 g/mol. The van der Waals surface area contributed by atoms with E-state index in [9.17, 15) is 0 Å². The third kappa shape index (κ3) is 13.0. The van der Waals surface area contributed by atoms with Crippen LogP contribution in [0.5, 0.6) is 23.0 Å². The number of hydrogen-bond acceptors (Lipinski definition) is 4. The lowest BCUT2D eigenvalue weighted by Gasteiger charge is -2.10. The van der Waals surface area contributed by atoms with Gasteiger partial charge in [0.1, 0.15) is 23.0 Å². The highest BCUT2D eigenvalue weighted by Crippen LogP contribution is 2.20. The van der Waals surface area contributed by atoms with Gasteiger partial charge in [0.2, 0.25) is 0 Å². The molecule has 0 aliphatic rings. The molecule has 4 nitrogen and oxygen atoms in total. The fourth-order valence-corrected chi connectivity index (χ4v) is 4.88. The number of rotatable bonds is 22. The Kier molecular flexibility index (Phi) is 14.7. The molecule has 0 amide bonds. The van der Waals surface area contributed by atoms with Gasteiger partial charge in [-0.05, 0) is 129 Å². The molecule has 0 bridgehead atoms. The van der Waals surface area contributed by atoms with Crippen molar-refractivity contribution in [3.05, 3.63) is 145 Å². The number of benzene rings is 4. The van der Waals surface area contributed by atoms with Crippen LogP contribution in [0.15, 0.2) is 122 Å². The summed E-state index contributed by atoms with van der Waals surface area (Å²) < 4.78 is 23.5. The van der Waals surface area contributed by atoms with Gasteiger partial charge in [-0.15, -0.1) is 13.2 Å². The summed E-state index contributed by atoms with van der Waals surface area (Å²) in [5, 5.41) is 0. The Morgan fingerprint density at radius 3 is 0.889 bits per heavy atom. The second-order valence-corrected chi connectivity index (χ2v) is 11.2. The molecule has 0 unspecified atom stereocenters. The van der Waals surface area contributed by atoms with Crippen LogP contribution < -0.4 is 18.9 Å². The second-order valence-electron chi connectivity index (χ2n) is 11.2. The SMILES string of the molecule is C=CCCCOc1ccc(Cc2ccc(OCCCCCOc3ccc(Cc4ccc(OCCCC=C)cc4)cc3)cc2)cc1. The molecule has 0 fully saturated rings. The van der Waals surface area contributed by atoms with Crippen LogP contribution in [0.25, 0.3) is 0 Å².